The SMILES string of the molecule is CCOc1ccc(C(=O)COC(=O)c2ccc(SC)cc2OC)cc1. The van der Waals surface area contributed by atoms with E-state index in [1.54, 1.807) is 54.2 Å². The van der Waals surface area contributed by atoms with Crippen LogP contribution in [0.2, 0.25) is 0 Å². The molecule has 0 heterocycles. The molecular weight excluding hydrogens is 340 g/mol. The third-order valence-corrected chi connectivity index (χ3v) is 4.18. The number of thioether (sulfide) groups is 1. The molecule has 0 saturated carbocycles. The van der Waals surface area contributed by atoms with Crippen molar-refractivity contribution >= 4 is 23.5 Å². The number of methoxy groups -OCH3 is 1. The van der Waals surface area contributed by atoms with Crippen LogP contribution in [0.5, 0.6) is 11.5 Å². The predicted octanol–water partition coefficient (Wildman–Crippen LogP) is 3.86. The lowest BCUT2D eigenvalue weighted by molar-refractivity contribution is 0.0471. The van der Waals surface area contributed by atoms with Gasteiger partial charge in [0.2, 0.25) is 0 Å². The second kappa shape index (κ2) is 9.13. The van der Waals surface area contributed by atoms with Crippen LogP contribution < -0.4 is 9.47 Å². The first-order chi connectivity index (χ1) is 12.1. The molecule has 0 saturated heterocycles. The van der Waals surface area contributed by atoms with E-state index in [4.69, 9.17) is 14.2 Å². The van der Waals surface area contributed by atoms with Crippen molar-refractivity contribution in [2.75, 3.05) is 26.6 Å². The van der Waals surface area contributed by atoms with Gasteiger partial charge in [0.05, 0.1) is 13.7 Å². The molecule has 0 N–H and O–H groups in total. The lowest BCUT2D eigenvalue weighted by Crippen LogP contribution is -2.15. The third-order valence-electron chi connectivity index (χ3n) is 3.45. The maximum Gasteiger partial charge on any atom is 0.342 e. The standard InChI is InChI=1S/C19H20O5S/c1-4-23-14-7-5-13(6-8-14)17(20)12-24-19(21)16-10-9-15(25-3)11-18(16)22-2/h5-11H,4,12H2,1-3H3. The van der Waals surface area contributed by atoms with E-state index in [0.29, 0.717) is 29.2 Å². The minimum absolute atomic E-state index is 0.281. The number of ketones is 1. The molecule has 5 nitrogen and oxygen atoms in total. The number of ether oxygens (including phenoxy) is 3. The first-order valence-corrected chi connectivity index (χ1v) is 8.96. The first-order valence-electron chi connectivity index (χ1n) is 7.74. The van der Waals surface area contributed by atoms with Gasteiger partial charge >= 0.3 is 5.97 Å². The lowest BCUT2D eigenvalue weighted by atomic mass is 10.1. The molecule has 0 fully saturated rings. The molecule has 0 amide bonds. The van der Waals surface area contributed by atoms with Crippen molar-refractivity contribution < 1.29 is 23.8 Å². The van der Waals surface area contributed by atoms with E-state index in [0.717, 1.165) is 4.90 Å². The molecule has 0 unspecified atom stereocenters. The van der Waals surface area contributed by atoms with Crippen molar-refractivity contribution in [2.24, 2.45) is 0 Å². The second-order valence-electron chi connectivity index (χ2n) is 5.02. The van der Waals surface area contributed by atoms with Gasteiger partial charge in [-0.1, -0.05) is 0 Å². The molecule has 25 heavy (non-hydrogen) atoms. The van der Waals surface area contributed by atoms with Gasteiger partial charge in [0.1, 0.15) is 17.1 Å². The average molecular weight is 360 g/mol. The van der Waals surface area contributed by atoms with Crippen molar-refractivity contribution in [3.8, 4) is 11.5 Å². The normalized spacial score (nSPS) is 10.2. The summed E-state index contributed by atoms with van der Waals surface area (Å²) < 4.78 is 15.7. The summed E-state index contributed by atoms with van der Waals surface area (Å²) in [5, 5.41) is 0. The van der Waals surface area contributed by atoms with Gasteiger partial charge in [0.25, 0.3) is 0 Å². The molecule has 0 aromatic heterocycles. The Bertz CT molecular complexity index is 740. The largest absolute Gasteiger partial charge is 0.496 e. The minimum Gasteiger partial charge on any atom is -0.496 e. The van der Waals surface area contributed by atoms with Crippen LogP contribution in [0.4, 0.5) is 0 Å². The summed E-state index contributed by atoms with van der Waals surface area (Å²) in [5.74, 6) is 0.236. The molecule has 2 aromatic carbocycles. The van der Waals surface area contributed by atoms with Crippen molar-refractivity contribution in [3.63, 3.8) is 0 Å². The van der Waals surface area contributed by atoms with Crippen molar-refractivity contribution in [1.29, 1.82) is 0 Å². The predicted molar refractivity (Wildman–Crippen MR) is 97.0 cm³/mol. The molecule has 0 radical (unpaired) electrons. The maximum absolute atomic E-state index is 12.2. The summed E-state index contributed by atoms with van der Waals surface area (Å²) in [4.78, 5) is 25.3. The smallest absolute Gasteiger partial charge is 0.342 e. The van der Waals surface area contributed by atoms with Gasteiger partial charge in [0.15, 0.2) is 12.4 Å². The summed E-state index contributed by atoms with van der Waals surface area (Å²) in [6, 6.07) is 11.9. The van der Waals surface area contributed by atoms with Gasteiger partial charge in [-0.25, -0.2) is 4.79 Å². The van der Waals surface area contributed by atoms with E-state index in [1.807, 2.05) is 13.2 Å². The Kier molecular flexibility index (Phi) is 6.89. The molecule has 0 spiro atoms. The summed E-state index contributed by atoms with van der Waals surface area (Å²) in [5.41, 5.74) is 0.751. The Morgan fingerprint density at radius 3 is 2.40 bits per heavy atom. The molecule has 6 heteroatoms. The summed E-state index contributed by atoms with van der Waals surface area (Å²) in [6.07, 6.45) is 1.93. The molecular formula is C19H20O5S. The molecule has 2 rings (SSSR count). The molecule has 0 aliphatic carbocycles. The number of esters is 1. The van der Waals surface area contributed by atoms with Gasteiger partial charge in [-0.2, -0.15) is 0 Å². The highest BCUT2D eigenvalue weighted by Crippen LogP contribution is 2.26. The highest BCUT2D eigenvalue weighted by Gasteiger charge is 2.16. The zero-order valence-corrected chi connectivity index (χ0v) is 15.2. The quantitative estimate of drug-likeness (QED) is 0.405. The number of rotatable bonds is 8. The van der Waals surface area contributed by atoms with Gasteiger partial charge in [-0.05, 0) is 55.6 Å². The number of hydrogen-bond donors (Lipinski definition) is 0. The molecule has 0 bridgehead atoms. The fourth-order valence-corrected chi connectivity index (χ4v) is 2.59. The van der Waals surface area contributed by atoms with Gasteiger partial charge in [-0.3, -0.25) is 4.79 Å². The Morgan fingerprint density at radius 1 is 1.08 bits per heavy atom. The third kappa shape index (κ3) is 5.00. The number of Topliss-reactive ketones (excluding diaryl/α,β-unsaturated/α-hetero) is 1. The van der Waals surface area contributed by atoms with Gasteiger partial charge in [0, 0.05) is 10.5 Å². The first kappa shape index (κ1) is 18.9. The highest BCUT2D eigenvalue weighted by molar-refractivity contribution is 7.98. The van der Waals surface area contributed by atoms with Crippen LogP contribution >= 0.6 is 11.8 Å². The lowest BCUT2D eigenvalue weighted by Gasteiger charge is -2.10. The van der Waals surface area contributed by atoms with E-state index < -0.39 is 5.97 Å². The Hall–Kier alpha value is -2.47. The summed E-state index contributed by atoms with van der Waals surface area (Å²) >= 11 is 1.54. The van der Waals surface area contributed by atoms with E-state index in [9.17, 15) is 9.59 Å². The van der Waals surface area contributed by atoms with Gasteiger partial charge < -0.3 is 14.2 Å². The Morgan fingerprint density at radius 2 is 1.80 bits per heavy atom. The Labute approximate surface area is 151 Å². The van der Waals surface area contributed by atoms with Crippen molar-refractivity contribution in [2.45, 2.75) is 11.8 Å². The van der Waals surface area contributed by atoms with Crippen LogP contribution in [0.25, 0.3) is 0 Å². The Balaban J connectivity index is 2.00. The van der Waals surface area contributed by atoms with Crippen molar-refractivity contribution in [1.82, 2.24) is 0 Å². The molecule has 132 valence electrons. The van der Waals surface area contributed by atoms with Crippen LogP contribution in [0.1, 0.15) is 27.6 Å². The van der Waals surface area contributed by atoms with Crippen LogP contribution in [0.15, 0.2) is 47.4 Å². The van der Waals surface area contributed by atoms with E-state index >= 15 is 0 Å². The fourth-order valence-electron chi connectivity index (χ4n) is 2.16. The zero-order chi connectivity index (χ0) is 18.2. The second-order valence-corrected chi connectivity index (χ2v) is 5.90. The number of carbonyl (C=O) groups is 2. The van der Waals surface area contributed by atoms with Crippen molar-refractivity contribution in [3.05, 3.63) is 53.6 Å². The number of hydrogen-bond acceptors (Lipinski definition) is 6. The highest BCUT2D eigenvalue weighted by atomic mass is 32.2. The van der Waals surface area contributed by atoms with Crippen LogP contribution in [0.3, 0.4) is 0 Å². The minimum atomic E-state index is -0.594. The summed E-state index contributed by atoms with van der Waals surface area (Å²) in [6.45, 7) is 2.11. The van der Waals surface area contributed by atoms with E-state index in [2.05, 4.69) is 0 Å². The molecule has 0 aliphatic rings. The van der Waals surface area contributed by atoms with Crippen LogP contribution in [0, 0.1) is 0 Å². The molecule has 0 aliphatic heterocycles. The van der Waals surface area contributed by atoms with Crippen LogP contribution in [-0.2, 0) is 4.74 Å². The summed E-state index contributed by atoms with van der Waals surface area (Å²) in [7, 11) is 1.49. The maximum atomic E-state index is 12.2. The fraction of sp³-hybridized carbons (Fsp3) is 0.263. The number of benzene rings is 2. The van der Waals surface area contributed by atoms with E-state index in [1.165, 1.54) is 7.11 Å². The topological polar surface area (TPSA) is 61.8 Å². The molecule has 0 atom stereocenters. The van der Waals surface area contributed by atoms with Crippen LogP contribution in [-0.4, -0.2) is 38.3 Å². The number of carbonyl (C=O) groups excluding carboxylic acids is 2. The monoisotopic (exact) mass is 360 g/mol. The van der Waals surface area contributed by atoms with Gasteiger partial charge in [-0.15, -0.1) is 11.8 Å². The average Bonchev–Trinajstić information content (AvgIpc) is 2.66. The van der Waals surface area contributed by atoms with E-state index in [-0.39, 0.29) is 12.4 Å². The zero-order valence-electron chi connectivity index (χ0n) is 14.4. The molecule has 2 aromatic rings.